The molecule has 1 aromatic carbocycles. The number of anilines is 1. The zero-order valence-electron chi connectivity index (χ0n) is 15.2. The number of aromatic nitrogens is 2. The van der Waals surface area contributed by atoms with Crippen LogP contribution in [-0.2, 0) is 20.1 Å². The Morgan fingerprint density at radius 2 is 1.92 bits per heavy atom. The Balaban J connectivity index is 2.31. The molecule has 3 N–H and O–H groups in total. The summed E-state index contributed by atoms with van der Waals surface area (Å²) in [4.78, 5) is 37.9. The van der Waals surface area contributed by atoms with Gasteiger partial charge < -0.3 is 10.6 Å². The van der Waals surface area contributed by atoms with E-state index in [1.807, 2.05) is 6.92 Å². The van der Waals surface area contributed by atoms with Gasteiger partial charge in [-0.25, -0.2) is 9.18 Å². The molecule has 1 aromatic heterocycles. The maximum atomic E-state index is 13.8. The number of hydrogen-bond donors (Lipinski definition) is 2. The predicted molar refractivity (Wildman–Crippen MR) is 96.8 cm³/mol. The third-order valence-corrected chi connectivity index (χ3v) is 4.22. The number of carbonyl (C=O) groups is 1. The molecule has 0 fully saturated rings. The SMILES string of the molecule is CCCn1c(N)c(C(=O)C[NH+](C)Cc2ccccc2F)c(=O)n(C)c1=O. The van der Waals surface area contributed by atoms with Gasteiger partial charge in [0.15, 0.2) is 0 Å². The van der Waals surface area contributed by atoms with E-state index in [0.717, 1.165) is 4.57 Å². The number of nitrogens with one attached hydrogen (secondary N) is 1. The lowest BCUT2D eigenvalue weighted by atomic mass is 10.1. The molecule has 0 radical (unpaired) electrons. The monoisotopic (exact) mass is 363 g/mol. The number of hydrogen-bond acceptors (Lipinski definition) is 4. The Bertz CT molecular complexity index is 933. The Labute approximate surface area is 150 Å². The molecule has 2 aromatic rings. The van der Waals surface area contributed by atoms with Crippen LogP contribution in [0.1, 0.15) is 29.3 Å². The molecule has 7 nitrogen and oxygen atoms in total. The van der Waals surface area contributed by atoms with Crippen LogP contribution in [0.15, 0.2) is 33.9 Å². The summed E-state index contributed by atoms with van der Waals surface area (Å²) in [7, 11) is 3.05. The van der Waals surface area contributed by atoms with Gasteiger partial charge in [0.05, 0.1) is 7.05 Å². The van der Waals surface area contributed by atoms with Crippen LogP contribution in [0.2, 0.25) is 0 Å². The molecule has 0 bridgehead atoms. The van der Waals surface area contributed by atoms with Crippen molar-refractivity contribution in [2.45, 2.75) is 26.4 Å². The molecule has 1 unspecified atom stereocenters. The van der Waals surface area contributed by atoms with Gasteiger partial charge in [-0.05, 0) is 12.5 Å². The van der Waals surface area contributed by atoms with Crippen molar-refractivity contribution < 1.29 is 14.1 Å². The van der Waals surface area contributed by atoms with Crippen LogP contribution in [0.5, 0.6) is 0 Å². The second-order valence-corrected chi connectivity index (χ2v) is 6.38. The smallest absolute Gasteiger partial charge is 0.332 e. The standard InChI is InChI=1S/C18H23FN4O3/c1-4-9-23-16(20)15(17(25)22(3)18(23)26)14(24)11-21(2)10-12-7-5-6-8-13(12)19/h5-8H,4,9-11,20H2,1-3H3/p+1. The number of quaternary nitrogens is 1. The van der Waals surface area contributed by atoms with Crippen LogP contribution in [-0.4, -0.2) is 28.5 Å². The Morgan fingerprint density at radius 3 is 2.54 bits per heavy atom. The van der Waals surface area contributed by atoms with Gasteiger partial charge >= 0.3 is 5.69 Å². The fourth-order valence-electron chi connectivity index (χ4n) is 2.88. The van der Waals surface area contributed by atoms with E-state index >= 15 is 0 Å². The molecule has 140 valence electrons. The van der Waals surface area contributed by atoms with Crippen molar-refractivity contribution in [1.82, 2.24) is 9.13 Å². The first-order valence-corrected chi connectivity index (χ1v) is 8.45. The molecule has 1 heterocycles. The van der Waals surface area contributed by atoms with E-state index in [-0.39, 0.29) is 30.3 Å². The van der Waals surface area contributed by atoms with Gasteiger partial charge in [-0.3, -0.25) is 18.7 Å². The largest absolute Gasteiger partial charge is 0.384 e. The van der Waals surface area contributed by atoms with Crippen LogP contribution < -0.4 is 21.9 Å². The van der Waals surface area contributed by atoms with E-state index < -0.39 is 17.0 Å². The number of halogens is 1. The Hall–Kier alpha value is -2.74. The van der Waals surface area contributed by atoms with Crippen molar-refractivity contribution in [1.29, 1.82) is 0 Å². The molecule has 26 heavy (non-hydrogen) atoms. The lowest BCUT2D eigenvalue weighted by Crippen LogP contribution is -3.08. The predicted octanol–water partition coefficient (Wildman–Crippen LogP) is -0.424. The summed E-state index contributed by atoms with van der Waals surface area (Å²) < 4.78 is 15.9. The molecule has 0 aliphatic heterocycles. The minimum atomic E-state index is -0.705. The number of Topliss-reactive ketones (excluding diaryl/α,β-unsaturated/α-hetero) is 1. The van der Waals surface area contributed by atoms with Crippen LogP contribution in [0.25, 0.3) is 0 Å². The van der Waals surface area contributed by atoms with Crippen molar-refractivity contribution in [3.63, 3.8) is 0 Å². The minimum Gasteiger partial charge on any atom is -0.384 e. The maximum absolute atomic E-state index is 13.8. The molecular weight excluding hydrogens is 339 g/mol. The van der Waals surface area contributed by atoms with Gasteiger partial charge in [-0.1, -0.05) is 25.1 Å². The summed E-state index contributed by atoms with van der Waals surface area (Å²) in [5.74, 6) is -0.920. The maximum Gasteiger partial charge on any atom is 0.332 e. The number of nitrogen functional groups attached to an aromatic ring is 1. The summed E-state index contributed by atoms with van der Waals surface area (Å²) in [6, 6.07) is 6.33. The van der Waals surface area contributed by atoms with Gasteiger partial charge in [-0.15, -0.1) is 0 Å². The number of rotatable bonds is 7. The van der Waals surface area contributed by atoms with E-state index in [9.17, 15) is 18.8 Å². The Kier molecular flexibility index (Phi) is 6.10. The molecule has 0 saturated carbocycles. The van der Waals surface area contributed by atoms with E-state index in [1.54, 1.807) is 25.2 Å². The van der Waals surface area contributed by atoms with Crippen LogP contribution in [0.3, 0.4) is 0 Å². The number of nitrogens with zero attached hydrogens (tertiary/aromatic N) is 2. The van der Waals surface area contributed by atoms with Crippen molar-refractivity contribution in [2.75, 3.05) is 19.3 Å². The van der Waals surface area contributed by atoms with Crippen molar-refractivity contribution >= 4 is 11.6 Å². The quantitative estimate of drug-likeness (QED) is 0.654. The number of carbonyl (C=O) groups excluding carboxylic acids is 1. The highest BCUT2D eigenvalue weighted by atomic mass is 19.1. The summed E-state index contributed by atoms with van der Waals surface area (Å²) in [5, 5.41) is 0. The first kappa shape index (κ1) is 19.6. The van der Waals surface area contributed by atoms with Gasteiger partial charge in [-0.2, -0.15) is 0 Å². The molecule has 8 heteroatoms. The highest BCUT2D eigenvalue weighted by Crippen LogP contribution is 2.06. The van der Waals surface area contributed by atoms with E-state index in [0.29, 0.717) is 23.4 Å². The van der Waals surface area contributed by atoms with Gasteiger partial charge in [0.1, 0.15) is 30.3 Å². The number of benzene rings is 1. The zero-order valence-corrected chi connectivity index (χ0v) is 15.2. The second kappa shape index (κ2) is 8.09. The molecule has 0 spiro atoms. The number of nitrogens with two attached hydrogens (primary N) is 1. The first-order valence-electron chi connectivity index (χ1n) is 8.45. The topological polar surface area (TPSA) is 91.5 Å². The summed E-state index contributed by atoms with van der Waals surface area (Å²) in [5.41, 5.74) is 5.00. The van der Waals surface area contributed by atoms with E-state index in [4.69, 9.17) is 5.73 Å². The van der Waals surface area contributed by atoms with Crippen molar-refractivity contribution in [3.8, 4) is 0 Å². The number of ketones is 1. The molecule has 0 amide bonds. The summed E-state index contributed by atoms with van der Waals surface area (Å²) in [6.07, 6.45) is 0.633. The molecule has 0 aliphatic carbocycles. The lowest BCUT2D eigenvalue weighted by Gasteiger charge is -2.16. The third kappa shape index (κ3) is 3.91. The third-order valence-electron chi connectivity index (χ3n) is 4.22. The van der Waals surface area contributed by atoms with Gasteiger partial charge in [0, 0.05) is 19.2 Å². The summed E-state index contributed by atoms with van der Waals surface area (Å²) >= 11 is 0. The van der Waals surface area contributed by atoms with Gasteiger partial charge in [0.25, 0.3) is 5.56 Å². The number of likely N-dealkylation sites (N-methyl/N-ethyl adjacent to an activating group) is 1. The Morgan fingerprint density at radius 1 is 1.27 bits per heavy atom. The van der Waals surface area contributed by atoms with Crippen LogP contribution in [0.4, 0.5) is 10.2 Å². The zero-order chi connectivity index (χ0) is 19.4. The molecule has 2 rings (SSSR count). The average Bonchev–Trinajstić information content (AvgIpc) is 2.59. The fraction of sp³-hybridized carbons (Fsp3) is 0.389. The highest BCUT2D eigenvalue weighted by molar-refractivity contribution is 6.00. The highest BCUT2D eigenvalue weighted by Gasteiger charge is 2.24. The minimum absolute atomic E-state index is 0.0435. The summed E-state index contributed by atoms with van der Waals surface area (Å²) in [6.45, 7) is 2.42. The molecule has 0 aliphatic rings. The average molecular weight is 363 g/mol. The van der Waals surface area contributed by atoms with E-state index in [1.165, 1.54) is 17.7 Å². The molecular formula is C18H24FN4O3+. The molecule has 0 saturated heterocycles. The van der Waals surface area contributed by atoms with Crippen LogP contribution in [0, 0.1) is 5.82 Å². The molecule has 1 atom stereocenters. The van der Waals surface area contributed by atoms with E-state index in [2.05, 4.69) is 0 Å². The normalized spacial score (nSPS) is 12.2. The van der Waals surface area contributed by atoms with Crippen LogP contribution >= 0.6 is 0 Å². The van der Waals surface area contributed by atoms with Crippen molar-refractivity contribution in [3.05, 3.63) is 62.0 Å². The van der Waals surface area contributed by atoms with Crippen molar-refractivity contribution in [2.24, 2.45) is 7.05 Å². The second-order valence-electron chi connectivity index (χ2n) is 6.38. The lowest BCUT2D eigenvalue weighted by molar-refractivity contribution is -0.885. The fourth-order valence-corrected chi connectivity index (χ4v) is 2.88. The van der Waals surface area contributed by atoms with Gasteiger partial charge in [0.2, 0.25) is 5.78 Å². The first-order chi connectivity index (χ1) is 12.3.